The normalized spacial score (nSPS) is 24.6. The number of aryl methyl sites for hydroxylation is 2. The lowest BCUT2D eigenvalue weighted by Gasteiger charge is -2.27. The van der Waals surface area contributed by atoms with Gasteiger partial charge in [-0.25, -0.2) is 0 Å². The van der Waals surface area contributed by atoms with Gasteiger partial charge in [-0.1, -0.05) is 6.07 Å². The predicted octanol–water partition coefficient (Wildman–Crippen LogP) is 2.92. The zero-order valence-corrected chi connectivity index (χ0v) is 12.8. The summed E-state index contributed by atoms with van der Waals surface area (Å²) in [5, 5.41) is 6.48. The molecular weight excluding hydrogens is 272 g/mol. The minimum Gasteiger partial charge on any atom is -0.326 e. The molecule has 4 heteroatoms. The molecule has 2 atom stereocenters. The number of carbonyl (C=O) groups is 1. The van der Waals surface area contributed by atoms with Gasteiger partial charge in [0.1, 0.15) is 0 Å². The van der Waals surface area contributed by atoms with Crippen LogP contribution in [0.2, 0.25) is 0 Å². The largest absolute Gasteiger partial charge is 0.326 e. The molecule has 1 aromatic carbocycles. The highest BCUT2D eigenvalue weighted by atomic mass is 35.5. The van der Waals surface area contributed by atoms with Gasteiger partial charge in [-0.15, -0.1) is 12.4 Å². The maximum absolute atomic E-state index is 12.3. The molecule has 110 valence electrons. The Kier molecular flexibility index (Phi) is 5.06. The maximum Gasteiger partial charge on any atom is 0.227 e. The van der Waals surface area contributed by atoms with E-state index in [4.69, 9.17) is 0 Å². The van der Waals surface area contributed by atoms with Crippen LogP contribution in [0.3, 0.4) is 0 Å². The van der Waals surface area contributed by atoms with E-state index < -0.39 is 0 Å². The van der Waals surface area contributed by atoms with Crippen LogP contribution in [0.15, 0.2) is 18.2 Å². The number of nitrogens with one attached hydrogen (secondary N) is 2. The van der Waals surface area contributed by atoms with E-state index in [2.05, 4.69) is 29.7 Å². The fourth-order valence-corrected chi connectivity index (χ4v) is 3.26. The van der Waals surface area contributed by atoms with Gasteiger partial charge in [0.25, 0.3) is 0 Å². The second kappa shape index (κ2) is 6.59. The molecule has 2 aliphatic rings. The average molecular weight is 295 g/mol. The van der Waals surface area contributed by atoms with Crippen molar-refractivity contribution >= 4 is 24.0 Å². The summed E-state index contributed by atoms with van der Waals surface area (Å²) in [5.74, 6) is 0.343. The molecule has 0 saturated carbocycles. The average Bonchev–Trinajstić information content (AvgIpc) is 2.86. The zero-order valence-electron chi connectivity index (χ0n) is 11.9. The molecule has 3 nitrogen and oxygen atoms in total. The Morgan fingerprint density at radius 2 is 2.10 bits per heavy atom. The summed E-state index contributed by atoms with van der Waals surface area (Å²) >= 11 is 0. The van der Waals surface area contributed by atoms with E-state index in [1.807, 2.05) is 6.07 Å². The molecular formula is C16H23ClN2O. The number of amides is 1. The smallest absolute Gasteiger partial charge is 0.227 e. The molecule has 0 spiro atoms. The summed E-state index contributed by atoms with van der Waals surface area (Å²) in [5.41, 5.74) is 3.84. The van der Waals surface area contributed by atoms with Crippen LogP contribution in [-0.4, -0.2) is 18.5 Å². The number of hydrogen-bond donors (Lipinski definition) is 2. The SMILES string of the molecule is C[C@H]1C[C@@H](C(=O)Nc2ccc3c(c2)CCC3)CCN1.Cl. The van der Waals surface area contributed by atoms with Crippen molar-refractivity contribution in [3.63, 3.8) is 0 Å². The zero-order chi connectivity index (χ0) is 13.2. The number of anilines is 1. The number of hydrogen-bond acceptors (Lipinski definition) is 2. The summed E-state index contributed by atoms with van der Waals surface area (Å²) in [6.45, 7) is 3.10. The van der Waals surface area contributed by atoms with Crippen molar-refractivity contribution in [3.05, 3.63) is 29.3 Å². The van der Waals surface area contributed by atoms with Crippen LogP contribution in [0.25, 0.3) is 0 Å². The minimum atomic E-state index is 0. The molecule has 1 saturated heterocycles. The van der Waals surface area contributed by atoms with Crippen molar-refractivity contribution in [2.75, 3.05) is 11.9 Å². The van der Waals surface area contributed by atoms with E-state index in [9.17, 15) is 4.79 Å². The highest BCUT2D eigenvalue weighted by Crippen LogP contribution is 2.26. The van der Waals surface area contributed by atoms with Gasteiger partial charge in [0, 0.05) is 17.6 Å². The monoisotopic (exact) mass is 294 g/mol. The van der Waals surface area contributed by atoms with E-state index >= 15 is 0 Å². The third-order valence-corrected chi connectivity index (χ3v) is 4.36. The quantitative estimate of drug-likeness (QED) is 0.880. The van der Waals surface area contributed by atoms with Gasteiger partial charge in [-0.2, -0.15) is 0 Å². The summed E-state index contributed by atoms with van der Waals surface area (Å²) in [4.78, 5) is 12.3. The van der Waals surface area contributed by atoms with Crippen LogP contribution < -0.4 is 10.6 Å². The molecule has 20 heavy (non-hydrogen) atoms. The molecule has 1 amide bonds. The summed E-state index contributed by atoms with van der Waals surface area (Å²) in [7, 11) is 0. The van der Waals surface area contributed by atoms with Gasteiger partial charge in [0.05, 0.1) is 0 Å². The van der Waals surface area contributed by atoms with Crippen LogP contribution in [-0.2, 0) is 17.6 Å². The Labute approximate surface area is 126 Å². The van der Waals surface area contributed by atoms with Crippen molar-refractivity contribution in [3.8, 4) is 0 Å². The Morgan fingerprint density at radius 1 is 1.30 bits per heavy atom. The number of benzene rings is 1. The lowest BCUT2D eigenvalue weighted by Crippen LogP contribution is -2.40. The number of halogens is 1. The number of piperidine rings is 1. The number of fused-ring (bicyclic) bond motifs is 1. The fourth-order valence-electron chi connectivity index (χ4n) is 3.26. The molecule has 1 aromatic rings. The first kappa shape index (κ1) is 15.3. The first-order chi connectivity index (χ1) is 9.22. The first-order valence-electron chi connectivity index (χ1n) is 7.38. The highest BCUT2D eigenvalue weighted by Gasteiger charge is 2.24. The Hall–Kier alpha value is -1.06. The van der Waals surface area contributed by atoms with Crippen molar-refractivity contribution in [2.24, 2.45) is 5.92 Å². The van der Waals surface area contributed by atoms with Gasteiger partial charge in [0.15, 0.2) is 0 Å². The van der Waals surface area contributed by atoms with Crippen LogP contribution in [0.4, 0.5) is 5.69 Å². The van der Waals surface area contributed by atoms with Gasteiger partial charge >= 0.3 is 0 Å². The standard InChI is InChI=1S/C16H22N2O.ClH/c1-11-9-14(7-8-17-11)16(19)18-15-6-5-12-3-2-4-13(12)10-15;/h5-6,10-11,14,17H,2-4,7-9H2,1H3,(H,18,19);1H/t11-,14-;/m0./s1. The number of rotatable bonds is 2. The lowest BCUT2D eigenvalue weighted by molar-refractivity contribution is -0.120. The third kappa shape index (κ3) is 3.33. The summed E-state index contributed by atoms with van der Waals surface area (Å²) in [6, 6.07) is 6.82. The van der Waals surface area contributed by atoms with Gasteiger partial charge in [-0.3, -0.25) is 4.79 Å². The highest BCUT2D eigenvalue weighted by molar-refractivity contribution is 5.92. The van der Waals surface area contributed by atoms with E-state index in [1.54, 1.807) is 0 Å². The Balaban J connectivity index is 0.00000147. The molecule has 0 unspecified atom stereocenters. The molecule has 2 N–H and O–H groups in total. The lowest BCUT2D eigenvalue weighted by atomic mass is 9.92. The second-order valence-electron chi connectivity index (χ2n) is 5.90. The summed E-state index contributed by atoms with van der Waals surface area (Å²) < 4.78 is 0. The van der Waals surface area contributed by atoms with Gasteiger partial charge in [-0.05, 0) is 68.8 Å². The minimum absolute atomic E-state index is 0. The fraction of sp³-hybridized carbons (Fsp3) is 0.562. The van der Waals surface area contributed by atoms with Crippen LogP contribution >= 0.6 is 12.4 Å². The van der Waals surface area contributed by atoms with Gasteiger partial charge in [0.2, 0.25) is 5.91 Å². The molecule has 1 aliphatic heterocycles. The van der Waals surface area contributed by atoms with Crippen molar-refractivity contribution in [1.82, 2.24) is 5.32 Å². The molecule has 3 rings (SSSR count). The van der Waals surface area contributed by atoms with Crippen molar-refractivity contribution in [2.45, 2.75) is 45.1 Å². The topological polar surface area (TPSA) is 41.1 Å². The van der Waals surface area contributed by atoms with Crippen LogP contribution in [0.5, 0.6) is 0 Å². The first-order valence-corrected chi connectivity index (χ1v) is 7.38. The third-order valence-electron chi connectivity index (χ3n) is 4.36. The molecule has 1 heterocycles. The Bertz CT molecular complexity index is 489. The predicted molar refractivity (Wildman–Crippen MR) is 84.5 cm³/mol. The Morgan fingerprint density at radius 3 is 2.90 bits per heavy atom. The van der Waals surface area contributed by atoms with Crippen LogP contribution in [0, 0.1) is 5.92 Å². The summed E-state index contributed by atoms with van der Waals surface area (Å²) in [6.07, 6.45) is 5.48. The molecule has 0 bridgehead atoms. The molecule has 1 aliphatic carbocycles. The van der Waals surface area contributed by atoms with Gasteiger partial charge < -0.3 is 10.6 Å². The molecule has 0 aromatic heterocycles. The van der Waals surface area contributed by atoms with E-state index in [1.165, 1.54) is 24.0 Å². The second-order valence-corrected chi connectivity index (χ2v) is 5.90. The van der Waals surface area contributed by atoms with Crippen molar-refractivity contribution < 1.29 is 4.79 Å². The molecule has 1 fully saturated rings. The van der Waals surface area contributed by atoms with Crippen molar-refractivity contribution in [1.29, 1.82) is 0 Å². The van der Waals surface area contributed by atoms with E-state index in [0.717, 1.165) is 31.5 Å². The molecule has 0 radical (unpaired) electrons. The van der Waals surface area contributed by atoms with E-state index in [0.29, 0.717) is 6.04 Å². The maximum atomic E-state index is 12.3. The number of carbonyl (C=O) groups excluding carboxylic acids is 1. The van der Waals surface area contributed by atoms with E-state index in [-0.39, 0.29) is 24.2 Å². The van der Waals surface area contributed by atoms with Crippen LogP contribution in [0.1, 0.15) is 37.3 Å².